The highest BCUT2D eigenvalue weighted by Crippen LogP contribution is 2.33. The maximum absolute atomic E-state index is 11.2. The van der Waals surface area contributed by atoms with Crippen molar-refractivity contribution in [3.63, 3.8) is 0 Å². The molecule has 0 amide bonds. The van der Waals surface area contributed by atoms with Crippen LogP contribution in [0.5, 0.6) is 5.88 Å². The van der Waals surface area contributed by atoms with Crippen molar-refractivity contribution < 1.29 is 14.5 Å². The van der Waals surface area contributed by atoms with Crippen molar-refractivity contribution in [1.82, 2.24) is 9.97 Å². The fourth-order valence-electron chi connectivity index (χ4n) is 1.86. The van der Waals surface area contributed by atoms with E-state index in [0.717, 1.165) is 0 Å². The summed E-state index contributed by atoms with van der Waals surface area (Å²) in [6.45, 7) is 0.861. The van der Waals surface area contributed by atoms with E-state index < -0.39 is 4.92 Å². The molecule has 1 aliphatic heterocycles. The van der Waals surface area contributed by atoms with Gasteiger partial charge in [-0.3, -0.25) is 14.9 Å². The molecule has 0 aromatic carbocycles. The van der Waals surface area contributed by atoms with E-state index in [1.807, 2.05) is 0 Å². The van der Waals surface area contributed by atoms with E-state index in [-0.39, 0.29) is 23.2 Å². The van der Waals surface area contributed by atoms with Gasteiger partial charge < -0.3 is 9.64 Å². The van der Waals surface area contributed by atoms with Gasteiger partial charge in [-0.2, -0.15) is 4.98 Å². The van der Waals surface area contributed by atoms with Gasteiger partial charge in [0.15, 0.2) is 0 Å². The van der Waals surface area contributed by atoms with Gasteiger partial charge in [-0.1, -0.05) is 0 Å². The lowest BCUT2D eigenvalue weighted by molar-refractivity contribution is -0.385. The molecule has 0 unspecified atom stereocenters. The number of hydrogen-bond donors (Lipinski definition) is 0. The summed E-state index contributed by atoms with van der Waals surface area (Å²) in [7, 11) is 1.32. The summed E-state index contributed by atoms with van der Waals surface area (Å²) in [5.41, 5.74) is -0.255. The first-order valence-electron chi connectivity index (χ1n) is 5.43. The van der Waals surface area contributed by atoms with E-state index in [4.69, 9.17) is 4.74 Å². The summed E-state index contributed by atoms with van der Waals surface area (Å²) in [6, 6.07) is 0. The quantitative estimate of drug-likeness (QED) is 0.572. The number of aromatic nitrogens is 2. The Morgan fingerprint density at radius 3 is 2.61 bits per heavy atom. The van der Waals surface area contributed by atoms with E-state index in [2.05, 4.69) is 9.97 Å². The van der Waals surface area contributed by atoms with Gasteiger partial charge >= 0.3 is 5.69 Å². The third-order valence-electron chi connectivity index (χ3n) is 2.77. The van der Waals surface area contributed by atoms with Gasteiger partial charge in [0.05, 0.1) is 12.0 Å². The van der Waals surface area contributed by atoms with Crippen LogP contribution in [0.3, 0.4) is 0 Å². The van der Waals surface area contributed by atoms with Crippen molar-refractivity contribution in [3.8, 4) is 5.88 Å². The third kappa shape index (κ3) is 2.22. The maximum atomic E-state index is 11.2. The largest absolute Gasteiger partial charge is 0.476 e. The van der Waals surface area contributed by atoms with Gasteiger partial charge in [0.2, 0.25) is 5.82 Å². The van der Waals surface area contributed by atoms with Gasteiger partial charge in [-0.15, -0.1) is 0 Å². The van der Waals surface area contributed by atoms with Crippen molar-refractivity contribution in [3.05, 3.63) is 16.4 Å². The number of ether oxygens (including phenoxy) is 1. The summed E-state index contributed by atoms with van der Waals surface area (Å²) in [6.07, 6.45) is 1.98. The number of piperidine rings is 1. The number of Topliss-reactive ketones (excluding diaryl/α,β-unsaturated/α-hetero) is 1. The van der Waals surface area contributed by atoms with E-state index in [1.165, 1.54) is 13.4 Å². The number of rotatable bonds is 3. The van der Waals surface area contributed by atoms with Crippen LogP contribution in [0.2, 0.25) is 0 Å². The number of methoxy groups -OCH3 is 1. The molecule has 1 saturated heterocycles. The molecule has 0 spiro atoms. The van der Waals surface area contributed by atoms with E-state index >= 15 is 0 Å². The highest BCUT2D eigenvalue weighted by atomic mass is 16.6. The maximum Gasteiger partial charge on any atom is 0.372 e. The molecule has 8 nitrogen and oxygen atoms in total. The fourth-order valence-corrected chi connectivity index (χ4v) is 1.86. The predicted octanol–water partition coefficient (Wildman–Crippen LogP) is 0.563. The molecule has 8 heteroatoms. The zero-order chi connectivity index (χ0) is 13.1. The number of hydrogen-bond acceptors (Lipinski definition) is 7. The minimum absolute atomic E-state index is 0.0677. The lowest BCUT2D eigenvalue weighted by Crippen LogP contribution is -2.34. The molecule has 2 rings (SSSR count). The third-order valence-corrected chi connectivity index (χ3v) is 2.77. The van der Waals surface area contributed by atoms with Crippen LogP contribution in [0.25, 0.3) is 0 Å². The first kappa shape index (κ1) is 12.2. The monoisotopic (exact) mass is 252 g/mol. The number of anilines is 1. The number of nitrogens with zero attached hydrogens (tertiary/aromatic N) is 4. The molecule has 1 aromatic heterocycles. The summed E-state index contributed by atoms with van der Waals surface area (Å²) in [5.74, 6) is 0.302. The molecule has 0 saturated carbocycles. The number of carbonyl (C=O) groups excluding carboxylic acids is 1. The number of ketones is 1. The normalized spacial score (nSPS) is 15.6. The first-order valence-corrected chi connectivity index (χ1v) is 5.43. The highest BCUT2D eigenvalue weighted by Gasteiger charge is 2.29. The zero-order valence-electron chi connectivity index (χ0n) is 9.83. The molecular weight excluding hydrogens is 240 g/mol. The van der Waals surface area contributed by atoms with Gasteiger partial charge in [0.1, 0.15) is 12.1 Å². The Kier molecular flexibility index (Phi) is 3.35. The fraction of sp³-hybridized carbons (Fsp3) is 0.500. The summed E-state index contributed by atoms with van der Waals surface area (Å²) in [5, 5.41) is 11.1. The molecule has 1 aromatic rings. The van der Waals surface area contributed by atoms with Crippen molar-refractivity contribution in [2.75, 3.05) is 25.1 Å². The molecule has 1 fully saturated rings. The second kappa shape index (κ2) is 4.94. The minimum atomic E-state index is -0.565. The lowest BCUT2D eigenvalue weighted by atomic mass is 10.1. The topological polar surface area (TPSA) is 98.5 Å². The average molecular weight is 252 g/mol. The SMILES string of the molecule is COc1ncnc(N2CCC(=O)CC2)c1[N+](=O)[O-]. The van der Waals surface area contributed by atoms with Gasteiger partial charge in [0.25, 0.3) is 5.88 Å². The Balaban J connectivity index is 2.37. The van der Waals surface area contributed by atoms with Gasteiger partial charge in [-0.25, -0.2) is 4.98 Å². The summed E-state index contributed by atoms with van der Waals surface area (Å²) >= 11 is 0. The van der Waals surface area contributed by atoms with Crippen molar-refractivity contribution >= 4 is 17.3 Å². The van der Waals surface area contributed by atoms with E-state index in [0.29, 0.717) is 25.9 Å². The standard InChI is InChI=1S/C10H12N4O4/c1-18-10-8(14(16)17)9(11-6-12-10)13-4-2-7(15)3-5-13/h6H,2-5H2,1H3. The molecule has 0 atom stereocenters. The van der Waals surface area contributed by atoms with Gasteiger partial charge in [0, 0.05) is 25.9 Å². The van der Waals surface area contributed by atoms with Crippen LogP contribution in [-0.4, -0.2) is 40.9 Å². The molecule has 96 valence electrons. The highest BCUT2D eigenvalue weighted by molar-refractivity contribution is 5.81. The molecule has 2 heterocycles. The molecule has 1 aliphatic rings. The molecule has 0 bridgehead atoms. The van der Waals surface area contributed by atoms with Crippen molar-refractivity contribution in [2.24, 2.45) is 0 Å². The Morgan fingerprint density at radius 2 is 2.06 bits per heavy atom. The van der Waals surface area contributed by atoms with E-state index in [9.17, 15) is 14.9 Å². The summed E-state index contributed by atoms with van der Waals surface area (Å²) < 4.78 is 4.87. The zero-order valence-corrected chi connectivity index (χ0v) is 9.83. The van der Waals surface area contributed by atoms with Gasteiger partial charge in [-0.05, 0) is 0 Å². The first-order chi connectivity index (χ1) is 8.63. The Morgan fingerprint density at radius 1 is 1.39 bits per heavy atom. The number of carbonyl (C=O) groups is 1. The minimum Gasteiger partial charge on any atom is -0.476 e. The number of nitro groups is 1. The van der Waals surface area contributed by atoms with Crippen LogP contribution >= 0.6 is 0 Å². The smallest absolute Gasteiger partial charge is 0.372 e. The van der Waals surface area contributed by atoms with Crippen LogP contribution in [0.15, 0.2) is 6.33 Å². The second-order valence-corrected chi connectivity index (χ2v) is 3.84. The Hall–Kier alpha value is -2.25. The average Bonchev–Trinajstić information content (AvgIpc) is 2.38. The van der Waals surface area contributed by atoms with Crippen molar-refractivity contribution in [2.45, 2.75) is 12.8 Å². The Bertz CT molecular complexity index is 481. The van der Waals surface area contributed by atoms with Crippen LogP contribution < -0.4 is 9.64 Å². The van der Waals surface area contributed by atoms with Crippen LogP contribution in [0.4, 0.5) is 11.5 Å². The van der Waals surface area contributed by atoms with Crippen LogP contribution in [-0.2, 0) is 4.79 Å². The molecule has 18 heavy (non-hydrogen) atoms. The van der Waals surface area contributed by atoms with Crippen molar-refractivity contribution in [1.29, 1.82) is 0 Å². The van der Waals surface area contributed by atoms with E-state index in [1.54, 1.807) is 4.90 Å². The lowest BCUT2D eigenvalue weighted by Gasteiger charge is -2.26. The molecular formula is C10H12N4O4. The van der Waals surface area contributed by atoms with Crippen LogP contribution in [0, 0.1) is 10.1 Å². The Labute approximate surface area is 103 Å². The predicted molar refractivity (Wildman–Crippen MR) is 61.7 cm³/mol. The molecule has 0 aliphatic carbocycles. The van der Waals surface area contributed by atoms with Crippen LogP contribution in [0.1, 0.15) is 12.8 Å². The molecule has 0 N–H and O–H groups in total. The molecule has 0 radical (unpaired) electrons. The summed E-state index contributed by atoms with van der Waals surface area (Å²) in [4.78, 5) is 31.0. The second-order valence-electron chi connectivity index (χ2n) is 3.84.